The number of hydrogen-bond donors (Lipinski definition) is 3. The van der Waals surface area contributed by atoms with E-state index < -0.39 is 0 Å². The first-order valence-electron chi connectivity index (χ1n) is 8.16. The lowest BCUT2D eigenvalue weighted by atomic mass is 10.1. The van der Waals surface area contributed by atoms with Gasteiger partial charge in [-0.25, -0.2) is 4.39 Å². The van der Waals surface area contributed by atoms with Crippen molar-refractivity contribution in [3.8, 4) is 0 Å². The minimum absolute atomic E-state index is 0. The Labute approximate surface area is 148 Å². The Balaban J connectivity index is 0.00000288. The molecule has 1 aromatic carbocycles. The molecule has 0 saturated carbocycles. The highest BCUT2D eigenvalue weighted by Gasteiger charge is 2.14. The maximum absolute atomic E-state index is 12.8. The van der Waals surface area contributed by atoms with Gasteiger partial charge in [0.1, 0.15) is 5.82 Å². The molecule has 1 aliphatic heterocycles. The van der Waals surface area contributed by atoms with Gasteiger partial charge in [0, 0.05) is 25.1 Å². The maximum atomic E-state index is 12.8. The summed E-state index contributed by atoms with van der Waals surface area (Å²) in [6.07, 6.45) is 3.18. The van der Waals surface area contributed by atoms with E-state index in [0.717, 1.165) is 19.5 Å². The molecular weight excluding hydrogens is 333 g/mol. The Morgan fingerprint density at radius 1 is 1.17 bits per heavy atom. The summed E-state index contributed by atoms with van der Waals surface area (Å²) in [6, 6.07) is 5.38. The predicted octanol–water partition coefficient (Wildman–Crippen LogP) is 1.87. The van der Waals surface area contributed by atoms with E-state index in [1.54, 1.807) is 0 Å². The number of halogens is 2. The Hall–Kier alpha value is -1.66. The molecule has 0 aromatic heterocycles. The van der Waals surface area contributed by atoms with Gasteiger partial charge in [0.15, 0.2) is 0 Å². The molecule has 0 radical (unpaired) electrons. The molecule has 3 N–H and O–H groups in total. The third kappa shape index (κ3) is 7.27. The van der Waals surface area contributed by atoms with Crippen LogP contribution in [0.25, 0.3) is 0 Å². The highest BCUT2D eigenvalue weighted by Crippen LogP contribution is 2.10. The van der Waals surface area contributed by atoms with Crippen molar-refractivity contribution in [2.45, 2.75) is 25.7 Å². The fraction of sp³-hybridized carbons (Fsp3) is 0.529. The number of nitrogens with one attached hydrogen (secondary N) is 3. The summed E-state index contributed by atoms with van der Waals surface area (Å²) in [5.74, 6) is 0.0723. The van der Waals surface area contributed by atoms with Crippen LogP contribution in [0.15, 0.2) is 24.3 Å². The molecule has 0 bridgehead atoms. The van der Waals surface area contributed by atoms with Crippen molar-refractivity contribution in [1.29, 1.82) is 0 Å². The molecule has 0 aliphatic carbocycles. The van der Waals surface area contributed by atoms with Gasteiger partial charge in [0.2, 0.25) is 5.91 Å². The molecule has 134 valence electrons. The molecule has 1 saturated heterocycles. The highest BCUT2D eigenvalue weighted by molar-refractivity contribution is 5.94. The van der Waals surface area contributed by atoms with E-state index in [9.17, 15) is 14.0 Å². The summed E-state index contributed by atoms with van der Waals surface area (Å²) < 4.78 is 12.8. The summed E-state index contributed by atoms with van der Waals surface area (Å²) in [5.41, 5.74) is 0.418. The average Bonchev–Trinajstić information content (AvgIpc) is 3.05. The van der Waals surface area contributed by atoms with Crippen LogP contribution in [-0.2, 0) is 4.79 Å². The Bertz CT molecular complexity index is 519. The second-order valence-electron chi connectivity index (χ2n) is 5.86. The van der Waals surface area contributed by atoms with Crippen LogP contribution < -0.4 is 16.0 Å². The monoisotopic (exact) mass is 357 g/mol. The number of benzene rings is 1. The number of carbonyl (C=O) groups excluding carboxylic acids is 2. The summed E-state index contributed by atoms with van der Waals surface area (Å²) in [6.45, 7) is 3.26. The first-order chi connectivity index (χ1) is 11.1. The largest absolute Gasteiger partial charge is 0.356 e. The molecule has 2 rings (SSSR count). The van der Waals surface area contributed by atoms with Gasteiger partial charge in [-0.3, -0.25) is 9.59 Å². The SMILES string of the molecule is Cl.O=C(CCCNC(=O)c1ccc(F)cc1)NCCC1CCNC1. The topological polar surface area (TPSA) is 70.2 Å². The minimum atomic E-state index is -0.369. The van der Waals surface area contributed by atoms with Crippen molar-refractivity contribution >= 4 is 24.2 Å². The molecule has 0 spiro atoms. The molecule has 1 atom stereocenters. The Kier molecular flexibility index (Phi) is 9.34. The molecule has 5 nitrogen and oxygen atoms in total. The molecule has 1 unspecified atom stereocenters. The third-order valence-electron chi connectivity index (χ3n) is 4.01. The third-order valence-corrected chi connectivity index (χ3v) is 4.01. The van der Waals surface area contributed by atoms with Crippen LogP contribution in [0.2, 0.25) is 0 Å². The highest BCUT2D eigenvalue weighted by atomic mass is 35.5. The summed E-state index contributed by atoms with van der Waals surface area (Å²) in [7, 11) is 0. The van der Waals surface area contributed by atoms with Crippen LogP contribution in [0.5, 0.6) is 0 Å². The van der Waals surface area contributed by atoms with E-state index in [4.69, 9.17) is 0 Å². The van der Waals surface area contributed by atoms with Crippen LogP contribution in [0, 0.1) is 11.7 Å². The molecule has 1 fully saturated rings. The minimum Gasteiger partial charge on any atom is -0.356 e. The second-order valence-corrected chi connectivity index (χ2v) is 5.86. The summed E-state index contributed by atoms with van der Waals surface area (Å²) in [5, 5.41) is 8.95. The van der Waals surface area contributed by atoms with Crippen LogP contribution in [0.4, 0.5) is 4.39 Å². The van der Waals surface area contributed by atoms with Crippen molar-refractivity contribution in [1.82, 2.24) is 16.0 Å². The van der Waals surface area contributed by atoms with Crippen molar-refractivity contribution in [3.63, 3.8) is 0 Å². The van der Waals surface area contributed by atoms with Crippen molar-refractivity contribution in [3.05, 3.63) is 35.6 Å². The maximum Gasteiger partial charge on any atom is 0.251 e. The molecule has 1 aliphatic rings. The fourth-order valence-electron chi connectivity index (χ4n) is 2.62. The quantitative estimate of drug-likeness (QED) is 0.622. The number of rotatable bonds is 8. The van der Waals surface area contributed by atoms with Crippen LogP contribution in [0.1, 0.15) is 36.0 Å². The number of hydrogen-bond acceptors (Lipinski definition) is 3. The summed E-state index contributed by atoms with van der Waals surface area (Å²) >= 11 is 0. The van der Waals surface area contributed by atoms with E-state index in [1.807, 2.05) is 0 Å². The van der Waals surface area contributed by atoms with E-state index in [-0.39, 0.29) is 30.0 Å². The smallest absolute Gasteiger partial charge is 0.251 e. The fourth-order valence-corrected chi connectivity index (χ4v) is 2.62. The first kappa shape index (κ1) is 20.4. The van der Waals surface area contributed by atoms with Gasteiger partial charge in [-0.1, -0.05) is 0 Å². The van der Waals surface area contributed by atoms with Gasteiger partial charge in [0.05, 0.1) is 0 Å². The van der Waals surface area contributed by atoms with Gasteiger partial charge < -0.3 is 16.0 Å². The number of amides is 2. The molecule has 2 amide bonds. The molecule has 1 heterocycles. The Morgan fingerprint density at radius 2 is 1.92 bits per heavy atom. The molecule has 7 heteroatoms. The lowest BCUT2D eigenvalue weighted by Gasteiger charge is -2.09. The van der Waals surface area contributed by atoms with Gasteiger partial charge in [-0.2, -0.15) is 0 Å². The van der Waals surface area contributed by atoms with E-state index in [2.05, 4.69) is 16.0 Å². The van der Waals surface area contributed by atoms with Gasteiger partial charge in [0.25, 0.3) is 5.91 Å². The second kappa shape index (κ2) is 11.0. The predicted molar refractivity (Wildman–Crippen MR) is 93.8 cm³/mol. The summed E-state index contributed by atoms with van der Waals surface area (Å²) in [4.78, 5) is 23.5. The number of carbonyl (C=O) groups is 2. The van der Waals surface area contributed by atoms with Crippen LogP contribution >= 0.6 is 12.4 Å². The van der Waals surface area contributed by atoms with Gasteiger partial charge >= 0.3 is 0 Å². The van der Waals surface area contributed by atoms with E-state index in [0.29, 0.717) is 37.4 Å². The van der Waals surface area contributed by atoms with Crippen molar-refractivity contribution in [2.24, 2.45) is 5.92 Å². The van der Waals surface area contributed by atoms with Gasteiger partial charge in [-0.15, -0.1) is 12.4 Å². The molecular formula is C17H25ClFN3O2. The van der Waals surface area contributed by atoms with Crippen molar-refractivity contribution in [2.75, 3.05) is 26.2 Å². The zero-order valence-corrected chi connectivity index (χ0v) is 14.5. The first-order valence-corrected chi connectivity index (χ1v) is 8.16. The zero-order valence-electron chi connectivity index (χ0n) is 13.6. The normalized spacial score (nSPS) is 16.3. The van der Waals surface area contributed by atoms with Crippen LogP contribution in [-0.4, -0.2) is 38.0 Å². The lowest BCUT2D eigenvalue weighted by Crippen LogP contribution is -2.28. The van der Waals surface area contributed by atoms with E-state index >= 15 is 0 Å². The zero-order chi connectivity index (χ0) is 16.5. The lowest BCUT2D eigenvalue weighted by molar-refractivity contribution is -0.121. The standard InChI is InChI=1S/C17H24FN3O2.ClH/c18-15-5-3-14(4-6-15)17(23)21-9-1-2-16(22)20-11-8-13-7-10-19-12-13;/h3-6,13,19H,1-2,7-12H2,(H,20,22)(H,21,23);1H. The Morgan fingerprint density at radius 3 is 2.58 bits per heavy atom. The van der Waals surface area contributed by atoms with Crippen molar-refractivity contribution < 1.29 is 14.0 Å². The van der Waals surface area contributed by atoms with Crippen LogP contribution in [0.3, 0.4) is 0 Å². The molecule has 24 heavy (non-hydrogen) atoms. The average molecular weight is 358 g/mol. The molecule has 1 aromatic rings. The van der Waals surface area contributed by atoms with Gasteiger partial charge in [-0.05, 0) is 62.5 Å². The van der Waals surface area contributed by atoms with E-state index in [1.165, 1.54) is 30.7 Å².